The second kappa shape index (κ2) is 9.83. The van der Waals surface area contributed by atoms with Crippen molar-refractivity contribution in [2.75, 3.05) is 13.2 Å². The summed E-state index contributed by atoms with van der Waals surface area (Å²) in [6.07, 6.45) is 8.53. The van der Waals surface area contributed by atoms with E-state index in [0.29, 0.717) is 18.6 Å². The molecule has 120 valence electrons. The molecular formula is C19H33NO. The van der Waals surface area contributed by atoms with Crippen LogP contribution in [0.5, 0.6) is 5.75 Å². The van der Waals surface area contributed by atoms with Crippen LogP contribution in [0.25, 0.3) is 0 Å². The third kappa shape index (κ3) is 6.99. The van der Waals surface area contributed by atoms with Gasteiger partial charge in [-0.05, 0) is 61.8 Å². The van der Waals surface area contributed by atoms with Crippen molar-refractivity contribution in [3.63, 3.8) is 0 Å². The zero-order valence-corrected chi connectivity index (χ0v) is 14.2. The summed E-state index contributed by atoms with van der Waals surface area (Å²) in [5.41, 5.74) is 7.37. The van der Waals surface area contributed by atoms with Gasteiger partial charge in [-0.2, -0.15) is 0 Å². The number of benzene rings is 1. The van der Waals surface area contributed by atoms with Gasteiger partial charge in [0.25, 0.3) is 0 Å². The van der Waals surface area contributed by atoms with E-state index in [4.69, 9.17) is 10.5 Å². The summed E-state index contributed by atoms with van der Waals surface area (Å²) in [7, 11) is 0. The number of hydrogen-bond acceptors (Lipinski definition) is 2. The molecule has 0 bridgehead atoms. The summed E-state index contributed by atoms with van der Waals surface area (Å²) in [4.78, 5) is 0. The summed E-state index contributed by atoms with van der Waals surface area (Å²) in [5.74, 6) is 0.980. The Kier molecular flexibility index (Phi) is 8.44. The van der Waals surface area contributed by atoms with Gasteiger partial charge in [-0.15, -0.1) is 0 Å². The molecule has 21 heavy (non-hydrogen) atoms. The first-order valence-corrected chi connectivity index (χ1v) is 8.55. The van der Waals surface area contributed by atoms with E-state index in [1.807, 2.05) is 6.07 Å². The first-order valence-electron chi connectivity index (χ1n) is 8.55. The average Bonchev–Trinajstić information content (AvgIpc) is 2.47. The first-order chi connectivity index (χ1) is 10.1. The van der Waals surface area contributed by atoms with Gasteiger partial charge < -0.3 is 10.5 Å². The maximum absolute atomic E-state index is 5.73. The van der Waals surface area contributed by atoms with Crippen LogP contribution >= 0.6 is 0 Å². The van der Waals surface area contributed by atoms with E-state index in [0.717, 1.165) is 18.6 Å². The van der Waals surface area contributed by atoms with Gasteiger partial charge in [-0.25, -0.2) is 0 Å². The highest BCUT2D eigenvalue weighted by molar-refractivity contribution is 5.28. The molecular weight excluding hydrogens is 258 g/mol. The first kappa shape index (κ1) is 18.0. The molecule has 0 unspecified atom stereocenters. The Morgan fingerprint density at radius 3 is 2.43 bits per heavy atom. The Hall–Kier alpha value is -1.02. The second-order valence-corrected chi connectivity index (χ2v) is 6.45. The molecule has 0 fully saturated rings. The predicted molar refractivity (Wildman–Crippen MR) is 91.9 cm³/mol. The highest BCUT2D eigenvalue weighted by atomic mass is 16.5. The highest BCUT2D eigenvalue weighted by Crippen LogP contribution is 2.34. The van der Waals surface area contributed by atoms with Crippen LogP contribution in [0.3, 0.4) is 0 Å². The van der Waals surface area contributed by atoms with Crippen molar-refractivity contribution >= 4 is 0 Å². The molecule has 0 spiro atoms. The molecule has 2 nitrogen and oxygen atoms in total. The molecule has 1 rings (SSSR count). The van der Waals surface area contributed by atoms with E-state index in [9.17, 15) is 0 Å². The minimum absolute atomic E-state index is 0.486. The molecule has 0 atom stereocenters. The topological polar surface area (TPSA) is 35.2 Å². The van der Waals surface area contributed by atoms with Gasteiger partial charge in [0, 0.05) is 0 Å². The van der Waals surface area contributed by atoms with E-state index in [1.54, 1.807) is 0 Å². The maximum atomic E-state index is 5.73. The molecule has 0 amide bonds. The van der Waals surface area contributed by atoms with Crippen molar-refractivity contribution in [1.82, 2.24) is 0 Å². The minimum atomic E-state index is 0.486. The molecule has 0 radical (unpaired) electrons. The third-order valence-corrected chi connectivity index (χ3v) is 4.24. The average molecular weight is 291 g/mol. The SMILES string of the molecule is CCCC(C)(CCC)CCc1cccc(OCCCN)c1. The van der Waals surface area contributed by atoms with Crippen LogP contribution in [0.1, 0.15) is 64.9 Å². The Labute approximate surface area is 131 Å². The Bertz CT molecular complexity index is 383. The molecule has 1 aromatic rings. The summed E-state index contributed by atoms with van der Waals surface area (Å²) in [6, 6.07) is 8.55. The van der Waals surface area contributed by atoms with E-state index in [2.05, 4.69) is 39.0 Å². The van der Waals surface area contributed by atoms with Crippen molar-refractivity contribution < 1.29 is 4.74 Å². The summed E-state index contributed by atoms with van der Waals surface area (Å²) < 4.78 is 5.73. The lowest BCUT2D eigenvalue weighted by molar-refractivity contribution is 0.244. The Balaban J connectivity index is 2.55. The monoisotopic (exact) mass is 291 g/mol. The Morgan fingerprint density at radius 1 is 1.10 bits per heavy atom. The number of ether oxygens (including phenoxy) is 1. The van der Waals surface area contributed by atoms with Gasteiger partial charge in [0.05, 0.1) is 6.61 Å². The normalized spacial score (nSPS) is 11.6. The molecule has 0 saturated heterocycles. The molecule has 0 aliphatic carbocycles. The zero-order chi connectivity index (χ0) is 15.6. The van der Waals surface area contributed by atoms with Crippen LogP contribution < -0.4 is 10.5 Å². The molecule has 0 saturated carbocycles. The van der Waals surface area contributed by atoms with Crippen LogP contribution in [0.2, 0.25) is 0 Å². The van der Waals surface area contributed by atoms with Crippen LogP contribution in [-0.2, 0) is 6.42 Å². The van der Waals surface area contributed by atoms with Crippen LogP contribution in [0.4, 0.5) is 0 Å². The van der Waals surface area contributed by atoms with E-state index >= 15 is 0 Å². The standard InChI is InChI=1S/C19H33NO/c1-4-11-19(3,12-5-2)13-10-17-8-6-9-18(16-17)21-15-7-14-20/h6,8-9,16H,4-5,7,10-15,20H2,1-3H3. The number of rotatable bonds is 11. The molecule has 1 aromatic carbocycles. The van der Waals surface area contributed by atoms with Crippen molar-refractivity contribution in [3.05, 3.63) is 29.8 Å². The predicted octanol–water partition coefficient (Wildman–Crippen LogP) is 4.95. The summed E-state index contributed by atoms with van der Waals surface area (Å²) in [5, 5.41) is 0. The van der Waals surface area contributed by atoms with Crippen molar-refractivity contribution in [3.8, 4) is 5.75 Å². The smallest absolute Gasteiger partial charge is 0.119 e. The lowest BCUT2D eigenvalue weighted by Crippen LogP contribution is -2.17. The quantitative estimate of drug-likeness (QED) is 0.585. The zero-order valence-electron chi connectivity index (χ0n) is 14.2. The van der Waals surface area contributed by atoms with E-state index in [1.165, 1.54) is 37.7 Å². The summed E-state index contributed by atoms with van der Waals surface area (Å²) >= 11 is 0. The molecule has 2 heteroatoms. The van der Waals surface area contributed by atoms with Crippen LogP contribution in [-0.4, -0.2) is 13.2 Å². The maximum Gasteiger partial charge on any atom is 0.119 e. The molecule has 2 N–H and O–H groups in total. The molecule has 0 heterocycles. The van der Waals surface area contributed by atoms with Gasteiger partial charge >= 0.3 is 0 Å². The molecule has 0 aliphatic heterocycles. The van der Waals surface area contributed by atoms with Gasteiger partial charge in [0.1, 0.15) is 5.75 Å². The number of nitrogens with two attached hydrogens (primary N) is 1. The van der Waals surface area contributed by atoms with Crippen LogP contribution in [0.15, 0.2) is 24.3 Å². The number of hydrogen-bond donors (Lipinski definition) is 1. The van der Waals surface area contributed by atoms with Crippen molar-refractivity contribution in [2.24, 2.45) is 11.1 Å². The van der Waals surface area contributed by atoms with Crippen molar-refractivity contribution in [2.45, 2.75) is 65.7 Å². The lowest BCUT2D eigenvalue weighted by atomic mass is 9.77. The van der Waals surface area contributed by atoms with Gasteiger partial charge in [0.2, 0.25) is 0 Å². The van der Waals surface area contributed by atoms with Gasteiger partial charge in [-0.3, -0.25) is 0 Å². The number of aryl methyl sites for hydroxylation is 1. The largest absolute Gasteiger partial charge is 0.494 e. The van der Waals surface area contributed by atoms with Gasteiger partial charge in [0.15, 0.2) is 0 Å². The lowest BCUT2D eigenvalue weighted by Gasteiger charge is -2.29. The van der Waals surface area contributed by atoms with Crippen molar-refractivity contribution in [1.29, 1.82) is 0 Å². The minimum Gasteiger partial charge on any atom is -0.494 e. The molecule has 0 aromatic heterocycles. The fourth-order valence-corrected chi connectivity index (χ4v) is 3.09. The summed E-state index contributed by atoms with van der Waals surface area (Å²) in [6.45, 7) is 8.43. The second-order valence-electron chi connectivity index (χ2n) is 6.45. The van der Waals surface area contributed by atoms with Gasteiger partial charge in [-0.1, -0.05) is 45.7 Å². The highest BCUT2D eigenvalue weighted by Gasteiger charge is 2.21. The molecule has 0 aliphatic rings. The Morgan fingerprint density at radius 2 is 1.81 bits per heavy atom. The fraction of sp³-hybridized carbons (Fsp3) is 0.684. The van der Waals surface area contributed by atoms with Crippen LogP contribution in [0, 0.1) is 5.41 Å². The van der Waals surface area contributed by atoms with E-state index < -0.39 is 0 Å². The fourth-order valence-electron chi connectivity index (χ4n) is 3.09. The van der Waals surface area contributed by atoms with E-state index in [-0.39, 0.29) is 0 Å². The third-order valence-electron chi connectivity index (χ3n) is 4.24.